The number of nitrogens with zero attached hydrogens (tertiary/aromatic N) is 5. The first-order valence-corrected chi connectivity index (χ1v) is 18.6. The molecular weight excluding hydrogens is 863 g/mol. The van der Waals surface area contributed by atoms with Gasteiger partial charge >= 0.3 is 0 Å². The molecule has 6 heteroatoms. The van der Waals surface area contributed by atoms with E-state index < -0.39 is 0 Å². The fourth-order valence-corrected chi connectivity index (χ4v) is 8.34. The summed E-state index contributed by atoms with van der Waals surface area (Å²) in [5.74, 6) is 0.931. The van der Waals surface area contributed by atoms with Crippen molar-refractivity contribution in [3.63, 3.8) is 0 Å². The molecule has 0 aliphatic carbocycles. The van der Waals surface area contributed by atoms with Gasteiger partial charge in [0.15, 0.2) is 0 Å². The Morgan fingerprint density at radius 2 is 1.36 bits per heavy atom. The average Bonchev–Trinajstić information content (AvgIpc) is 3.83. The third-order valence-corrected chi connectivity index (χ3v) is 10.6. The molecule has 3 aromatic heterocycles. The Morgan fingerprint density at radius 1 is 0.679 bits per heavy atom. The fraction of sp³-hybridized carbons (Fsp3) is 0.140. The fourth-order valence-electron chi connectivity index (χ4n) is 8.34. The van der Waals surface area contributed by atoms with Gasteiger partial charge in [0, 0.05) is 49.9 Å². The number of aryl methyl sites for hydroxylation is 7. The molecule has 56 heavy (non-hydrogen) atoms. The van der Waals surface area contributed by atoms with Crippen molar-refractivity contribution < 1.29 is 20.1 Å². The van der Waals surface area contributed by atoms with E-state index in [0.29, 0.717) is 5.69 Å². The van der Waals surface area contributed by atoms with Gasteiger partial charge in [-0.2, -0.15) is 5.26 Å². The number of fused-ring (bicyclic) bond motifs is 6. The molecular formula is C50H41IrN5-2. The monoisotopic (exact) mass is 904 g/mol. The number of hydrogen-bond donors (Lipinski definition) is 0. The third-order valence-electron chi connectivity index (χ3n) is 10.6. The second kappa shape index (κ2) is 15.6. The first-order chi connectivity index (χ1) is 26.6. The van der Waals surface area contributed by atoms with Gasteiger partial charge in [-0.3, -0.25) is 9.97 Å². The van der Waals surface area contributed by atoms with Gasteiger partial charge in [0.1, 0.15) is 11.8 Å². The van der Waals surface area contributed by atoms with Crippen LogP contribution in [0.25, 0.3) is 66.7 Å². The first kappa shape index (κ1) is 38.2. The molecule has 9 rings (SSSR count). The van der Waals surface area contributed by atoms with Crippen LogP contribution in [0.2, 0.25) is 0 Å². The Kier molecular flexibility index (Phi) is 10.6. The molecule has 9 aromatic rings. The molecule has 1 radical (unpaired) electrons. The molecule has 0 saturated heterocycles. The van der Waals surface area contributed by atoms with Gasteiger partial charge in [-0.05, 0) is 110 Å². The van der Waals surface area contributed by atoms with E-state index in [1.54, 1.807) is 0 Å². The van der Waals surface area contributed by atoms with Gasteiger partial charge in [-0.1, -0.05) is 82.6 Å². The van der Waals surface area contributed by atoms with Gasteiger partial charge in [-0.15, -0.1) is 54.1 Å². The Morgan fingerprint density at radius 3 is 2.00 bits per heavy atom. The van der Waals surface area contributed by atoms with Crippen LogP contribution < -0.4 is 0 Å². The van der Waals surface area contributed by atoms with Crippen LogP contribution >= 0.6 is 0 Å². The Balaban J connectivity index is 0.000000195. The van der Waals surface area contributed by atoms with Gasteiger partial charge in [0.25, 0.3) is 0 Å². The molecule has 0 atom stereocenters. The summed E-state index contributed by atoms with van der Waals surface area (Å²) < 4.78 is 4.19. The molecule has 0 saturated carbocycles. The Bertz CT molecular complexity index is 2900. The van der Waals surface area contributed by atoms with Crippen LogP contribution in [0.1, 0.15) is 44.6 Å². The van der Waals surface area contributed by atoms with Crippen LogP contribution in [0, 0.1) is 71.9 Å². The number of imidazole rings is 2. The van der Waals surface area contributed by atoms with E-state index in [4.69, 9.17) is 0 Å². The van der Waals surface area contributed by atoms with E-state index in [0.717, 1.165) is 38.7 Å². The summed E-state index contributed by atoms with van der Waals surface area (Å²) in [6.45, 7) is 15.1. The van der Waals surface area contributed by atoms with Crippen molar-refractivity contribution in [2.75, 3.05) is 0 Å². The van der Waals surface area contributed by atoms with Crippen molar-refractivity contribution in [1.29, 1.82) is 5.26 Å². The average molecular weight is 904 g/mol. The number of rotatable bonds is 4. The second-order valence-electron chi connectivity index (χ2n) is 14.5. The van der Waals surface area contributed by atoms with E-state index in [2.05, 4.69) is 154 Å². The van der Waals surface area contributed by atoms with E-state index in [1.807, 2.05) is 53.3 Å². The van der Waals surface area contributed by atoms with Crippen molar-refractivity contribution in [3.05, 3.63) is 178 Å². The molecule has 3 heterocycles. The van der Waals surface area contributed by atoms with E-state index in [9.17, 15) is 5.26 Å². The van der Waals surface area contributed by atoms with Crippen LogP contribution in [0.5, 0.6) is 0 Å². The van der Waals surface area contributed by atoms with Crippen molar-refractivity contribution >= 4 is 27.3 Å². The number of hydrogen-bond acceptors (Lipinski definition) is 3. The molecule has 0 amide bonds. The predicted molar refractivity (Wildman–Crippen MR) is 226 cm³/mol. The van der Waals surface area contributed by atoms with Crippen molar-refractivity contribution in [2.24, 2.45) is 0 Å². The van der Waals surface area contributed by atoms with Crippen LogP contribution in [-0.4, -0.2) is 18.9 Å². The van der Waals surface area contributed by atoms with Gasteiger partial charge in [0.05, 0.1) is 11.5 Å². The molecule has 6 aromatic carbocycles. The quantitative estimate of drug-likeness (QED) is 0.131. The van der Waals surface area contributed by atoms with E-state index >= 15 is 0 Å². The third kappa shape index (κ3) is 6.75. The summed E-state index contributed by atoms with van der Waals surface area (Å²) in [6.07, 6.45) is 5.69. The normalized spacial score (nSPS) is 11.0. The first-order valence-electron chi connectivity index (χ1n) is 18.6. The summed E-state index contributed by atoms with van der Waals surface area (Å²) in [6, 6.07) is 44.9. The summed E-state index contributed by atoms with van der Waals surface area (Å²) in [4.78, 5) is 9.17. The number of nitriles is 1. The summed E-state index contributed by atoms with van der Waals surface area (Å²) in [7, 11) is 0. The zero-order valence-electron chi connectivity index (χ0n) is 32.6. The van der Waals surface area contributed by atoms with Gasteiger partial charge in [0.2, 0.25) is 0 Å². The van der Waals surface area contributed by atoms with Crippen LogP contribution in [0.4, 0.5) is 0 Å². The Hall–Kier alpha value is -6.12. The maximum atomic E-state index is 9.61. The van der Waals surface area contributed by atoms with Crippen LogP contribution in [0.15, 0.2) is 122 Å². The van der Waals surface area contributed by atoms with Crippen LogP contribution in [0.3, 0.4) is 0 Å². The molecule has 0 aliphatic rings. The molecule has 0 aliphatic heterocycles. The minimum absolute atomic E-state index is 0. The predicted octanol–water partition coefficient (Wildman–Crippen LogP) is 12.1. The number of pyridine rings is 1. The molecule has 0 unspecified atom stereocenters. The van der Waals surface area contributed by atoms with Gasteiger partial charge < -0.3 is 8.97 Å². The zero-order valence-corrected chi connectivity index (χ0v) is 35.0. The maximum Gasteiger partial charge on any atom is 0.148 e. The summed E-state index contributed by atoms with van der Waals surface area (Å²) >= 11 is 0. The minimum Gasteiger partial charge on any atom is -0.340 e. The smallest absolute Gasteiger partial charge is 0.148 e. The Labute approximate surface area is 342 Å². The second-order valence-corrected chi connectivity index (χ2v) is 14.5. The van der Waals surface area contributed by atoms with Crippen molar-refractivity contribution in [3.8, 4) is 45.4 Å². The molecule has 277 valence electrons. The minimum atomic E-state index is 0. The molecule has 0 spiro atoms. The molecule has 5 nitrogen and oxygen atoms in total. The maximum absolute atomic E-state index is 9.61. The van der Waals surface area contributed by atoms with Crippen molar-refractivity contribution in [1.82, 2.24) is 18.9 Å². The zero-order chi connectivity index (χ0) is 38.4. The van der Waals surface area contributed by atoms with Crippen molar-refractivity contribution in [2.45, 2.75) is 48.5 Å². The largest absolute Gasteiger partial charge is 0.340 e. The molecule has 0 fully saturated rings. The van der Waals surface area contributed by atoms with Gasteiger partial charge in [-0.25, -0.2) is 0 Å². The number of benzene rings is 6. The van der Waals surface area contributed by atoms with Crippen LogP contribution in [-0.2, 0) is 20.1 Å². The molecule has 0 N–H and O–H groups in total. The SMILES string of the molecule is Cc1cc(C)c(-n2ccnc2-c2[c-]cccc2)c(C)c1.Cc1cccc(C)c1-c1ccc2c(c1)c1c(-c3c(C)cccc3C)cc[c-]c1c1nc(C#N)cn21.[Ir]. The molecule has 0 bridgehead atoms. The summed E-state index contributed by atoms with van der Waals surface area (Å²) in [5.41, 5.74) is 18.1. The standard InChI is InChI=1S/C32H24N3.C18H17N2.Ir/c1-19-8-5-9-20(2)29(19)23-14-15-28-27(16-23)31-25(30-21(3)10-6-11-22(30)4)12-7-13-26(31)32-34-24(17-33)18-35(28)32;1-13-11-14(2)17(15(3)12-13)20-10-9-19-18(20)16-7-5-4-6-8-16;/h5-12,14-16,18H,1-4H3;4-7,9-12H,1-3H3;/q2*-1;. The van der Waals surface area contributed by atoms with E-state index in [-0.39, 0.29) is 20.1 Å². The number of aromatic nitrogens is 4. The van der Waals surface area contributed by atoms with E-state index in [1.165, 1.54) is 66.9 Å². The topological polar surface area (TPSA) is 58.9 Å². The summed E-state index contributed by atoms with van der Waals surface area (Å²) in [5, 5.41) is 12.8.